The smallest absolute Gasteiger partial charge is 0.251 e. The molecule has 0 aromatic heterocycles. The lowest BCUT2D eigenvalue weighted by molar-refractivity contribution is 0.0942. The summed E-state index contributed by atoms with van der Waals surface area (Å²) in [5, 5.41) is 6.19. The zero-order valence-electron chi connectivity index (χ0n) is 12.8. The number of hydrogen-bond donors (Lipinski definition) is 2. The van der Waals surface area contributed by atoms with E-state index in [1.165, 1.54) is 19.3 Å². The third-order valence-electron chi connectivity index (χ3n) is 4.39. The molecule has 4 nitrogen and oxygen atoms in total. The number of hydrogen-bond acceptors (Lipinski definition) is 3. The van der Waals surface area contributed by atoms with E-state index in [0.29, 0.717) is 17.6 Å². The van der Waals surface area contributed by atoms with Gasteiger partial charge in [0.2, 0.25) is 0 Å². The molecule has 0 radical (unpaired) electrons. The fraction of sp³-hybridized carbons (Fsp3) is 0.588. The van der Waals surface area contributed by atoms with Crippen molar-refractivity contribution in [3.05, 3.63) is 29.8 Å². The van der Waals surface area contributed by atoms with Crippen LogP contribution in [0.5, 0.6) is 5.75 Å². The molecule has 1 aliphatic heterocycles. The van der Waals surface area contributed by atoms with Gasteiger partial charge in [-0.2, -0.15) is 0 Å². The first-order valence-electron chi connectivity index (χ1n) is 8.07. The second-order valence-corrected chi connectivity index (χ2v) is 6.14. The van der Waals surface area contributed by atoms with E-state index in [-0.39, 0.29) is 18.3 Å². The van der Waals surface area contributed by atoms with Crippen LogP contribution in [0.2, 0.25) is 0 Å². The van der Waals surface area contributed by atoms with Crippen LogP contribution in [0.3, 0.4) is 0 Å². The number of rotatable bonds is 5. The Bertz CT molecular complexity index is 468. The van der Waals surface area contributed by atoms with Crippen molar-refractivity contribution in [2.45, 2.75) is 38.2 Å². The van der Waals surface area contributed by atoms with Gasteiger partial charge in [0.1, 0.15) is 5.75 Å². The van der Waals surface area contributed by atoms with Crippen molar-refractivity contribution in [3.63, 3.8) is 0 Å². The molecule has 1 aromatic carbocycles. The average Bonchev–Trinajstić information content (AvgIpc) is 2.47. The molecule has 0 unspecified atom stereocenters. The Balaban J connectivity index is 0.00000176. The molecule has 2 N–H and O–H groups in total. The van der Waals surface area contributed by atoms with E-state index in [2.05, 4.69) is 10.6 Å². The largest absolute Gasteiger partial charge is 0.490 e. The summed E-state index contributed by atoms with van der Waals surface area (Å²) >= 11 is 0. The number of benzene rings is 1. The van der Waals surface area contributed by atoms with Gasteiger partial charge in [0, 0.05) is 31.1 Å². The van der Waals surface area contributed by atoms with E-state index in [0.717, 1.165) is 38.2 Å². The van der Waals surface area contributed by atoms with Crippen LogP contribution in [-0.4, -0.2) is 31.6 Å². The Morgan fingerprint density at radius 1 is 1.14 bits per heavy atom. The van der Waals surface area contributed by atoms with Gasteiger partial charge < -0.3 is 15.4 Å². The van der Waals surface area contributed by atoms with Crippen molar-refractivity contribution in [1.29, 1.82) is 0 Å². The summed E-state index contributed by atoms with van der Waals surface area (Å²) in [4.78, 5) is 12.0. The van der Waals surface area contributed by atoms with Crippen LogP contribution >= 0.6 is 12.4 Å². The summed E-state index contributed by atoms with van der Waals surface area (Å²) in [6.45, 7) is 2.77. The molecule has 122 valence electrons. The predicted octanol–water partition coefficient (Wildman–Crippen LogP) is 2.77. The molecule has 2 fully saturated rings. The summed E-state index contributed by atoms with van der Waals surface area (Å²) in [5.74, 6) is 1.47. The Hall–Kier alpha value is -1.26. The van der Waals surface area contributed by atoms with Crippen LogP contribution in [-0.2, 0) is 0 Å². The first kappa shape index (κ1) is 17.1. The third kappa shape index (κ3) is 4.62. The van der Waals surface area contributed by atoms with E-state index in [1.54, 1.807) is 0 Å². The predicted molar refractivity (Wildman–Crippen MR) is 89.9 cm³/mol. The number of carbonyl (C=O) groups is 1. The summed E-state index contributed by atoms with van der Waals surface area (Å²) in [7, 11) is 0. The maximum absolute atomic E-state index is 12.0. The Morgan fingerprint density at radius 2 is 1.82 bits per heavy atom. The lowest BCUT2D eigenvalue weighted by Crippen LogP contribution is -2.48. The van der Waals surface area contributed by atoms with Crippen molar-refractivity contribution >= 4 is 18.3 Å². The summed E-state index contributed by atoms with van der Waals surface area (Å²) < 4.78 is 5.97. The molecule has 5 heteroatoms. The standard InChI is InChI=1S/C17H24N2O2.ClH/c20-17(19-12-13-10-18-11-13)14-6-8-16(9-7-14)21-15-4-2-1-3-5-15;/h6-9,13,15,18H,1-5,10-12H2,(H,19,20);1H. The van der Waals surface area contributed by atoms with Gasteiger partial charge in [-0.3, -0.25) is 4.79 Å². The van der Waals surface area contributed by atoms with E-state index >= 15 is 0 Å². The van der Waals surface area contributed by atoms with Gasteiger partial charge in [-0.15, -0.1) is 12.4 Å². The van der Waals surface area contributed by atoms with Gasteiger partial charge >= 0.3 is 0 Å². The molecule has 1 aliphatic carbocycles. The molecule has 0 atom stereocenters. The molecular weight excluding hydrogens is 300 g/mol. The Morgan fingerprint density at radius 3 is 2.41 bits per heavy atom. The molecule has 1 aromatic rings. The fourth-order valence-electron chi connectivity index (χ4n) is 2.89. The molecule has 22 heavy (non-hydrogen) atoms. The third-order valence-corrected chi connectivity index (χ3v) is 4.39. The van der Waals surface area contributed by atoms with Crippen LogP contribution in [0, 0.1) is 5.92 Å². The van der Waals surface area contributed by atoms with Crippen LogP contribution in [0.25, 0.3) is 0 Å². The van der Waals surface area contributed by atoms with Crippen molar-refractivity contribution in [2.24, 2.45) is 5.92 Å². The number of nitrogens with one attached hydrogen (secondary N) is 2. The second kappa shape index (κ2) is 8.39. The zero-order chi connectivity index (χ0) is 14.5. The highest BCUT2D eigenvalue weighted by Crippen LogP contribution is 2.23. The lowest BCUT2D eigenvalue weighted by atomic mass is 9.98. The van der Waals surface area contributed by atoms with Crippen LogP contribution in [0.15, 0.2) is 24.3 Å². The van der Waals surface area contributed by atoms with Crippen LogP contribution in [0.1, 0.15) is 42.5 Å². The molecule has 1 saturated carbocycles. The summed E-state index contributed by atoms with van der Waals surface area (Å²) in [6.07, 6.45) is 6.51. The Labute approximate surface area is 138 Å². The molecular formula is C17H25ClN2O2. The number of carbonyl (C=O) groups excluding carboxylic acids is 1. The molecule has 0 bridgehead atoms. The monoisotopic (exact) mass is 324 g/mol. The van der Waals surface area contributed by atoms with E-state index in [4.69, 9.17) is 4.74 Å². The van der Waals surface area contributed by atoms with Crippen LogP contribution < -0.4 is 15.4 Å². The normalized spacial score (nSPS) is 18.9. The van der Waals surface area contributed by atoms with Gasteiger partial charge in [-0.1, -0.05) is 6.42 Å². The maximum Gasteiger partial charge on any atom is 0.251 e. The fourth-order valence-corrected chi connectivity index (χ4v) is 2.89. The van der Waals surface area contributed by atoms with Crippen molar-refractivity contribution in [2.75, 3.05) is 19.6 Å². The minimum absolute atomic E-state index is 0. The van der Waals surface area contributed by atoms with Crippen LogP contribution in [0.4, 0.5) is 0 Å². The van der Waals surface area contributed by atoms with Crippen molar-refractivity contribution < 1.29 is 9.53 Å². The molecule has 3 rings (SSSR count). The van der Waals surface area contributed by atoms with E-state index < -0.39 is 0 Å². The number of amides is 1. The van der Waals surface area contributed by atoms with Gasteiger partial charge in [0.05, 0.1) is 6.10 Å². The molecule has 1 heterocycles. The van der Waals surface area contributed by atoms with E-state index in [9.17, 15) is 4.79 Å². The lowest BCUT2D eigenvalue weighted by Gasteiger charge is -2.27. The summed E-state index contributed by atoms with van der Waals surface area (Å²) in [5.41, 5.74) is 0.707. The SMILES string of the molecule is Cl.O=C(NCC1CNC1)c1ccc(OC2CCCCC2)cc1. The maximum atomic E-state index is 12.0. The van der Waals surface area contributed by atoms with Crippen molar-refractivity contribution in [1.82, 2.24) is 10.6 Å². The topological polar surface area (TPSA) is 50.4 Å². The first-order chi connectivity index (χ1) is 10.3. The van der Waals surface area contributed by atoms with Gasteiger partial charge in [0.15, 0.2) is 0 Å². The van der Waals surface area contributed by atoms with Gasteiger partial charge in [0.25, 0.3) is 5.91 Å². The van der Waals surface area contributed by atoms with Gasteiger partial charge in [-0.05, 0) is 49.9 Å². The number of halogens is 1. The zero-order valence-corrected chi connectivity index (χ0v) is 13.7. The highest BCUT2D eigenvalue weighted by molar-refractivity contribution is 5.94. The molecule has 1 amide bonds. The average molecular weight is 325 g/mol. The highest BCUT2D eigenvalue weighted by Gasteiger charge is 2.18. The quantitative estimate of drug-likeness (QED) is 0.875. The van der Waals surface area contributed by atoms with Crippen molar-refractivity contribution in [3.8, 4) is 5.75 Å². The first-order valence-corrected chi connectivity index (χ1v) is 8.07. The second-order valence-electron chi connectivity index (χ2n) is 6.14. The van der Waals surface area contributed by atoms with Gasteiger partial charge in [-0.25, -0.2) is 0 Å². The molecule has 1 saturated heterocycles. The summed E-state index contributed by atoms with van der Waals surface area (Å²) in [6, 6.07) is 7.53. The molecule has 0 spiro atoms. The number of ether oxygens (including phenoxy) is 1. The van der Waals surface area contributed by atoms with E-state index in [1.807, 2.05) is 24.3 Å². The Kier molecular flexibility index (Phi) is 6.52. The highest BCUT2D eigenvalue weighted by atomic mass is 35.5. The molecule has 2 aliphatic rings. The minimum atomic E-state index is 0. The minimum Gasteiger partial charge on any atom is -0.490 e.